The van der Waals surface area contributed by atoms with Crippen molar-refractivity contribution in [2.45, 2.75) is 36.2 Å². The van der Waals surface area contributed by atoms with Gasteiger partial charge in [-0.15, -0.1) is 0 Å². The van der Waals surface area contributed by atoms with E-state index in [1.165, 1.54) is 6.42 Å². The molecule has 2 aromatic rings. The van der Waals surface area contributed by atoms with E-state index >= 15 is 0 Å². The molecule has 0 spiro atoms. The molecule has 1 atom stereocenters. The highest BCUT2D eigenvalue weighted by molar-refractivity contribution is 7.89. The van der Waals surface area contributed by atoms with Crippen molar-refractivity contribution < 1.29 is 8.42 Å². The van der Waals surface area contributed by atoms with Crippen LogP contribution < -0.4 is 10.0 Å². The van der Waals surface area contributed by atoms with Crippen molar-refractivity contribution in [1.82, 2.24) is 9.62 Å². The molecular formula is C20H25Cl2N3O2S. The van der Waals surface area contributed by atoms with Gasteiger partial charge >= 0.3 is 0 Å². The molecule has 8 heteroatoms. The minimum absolute atomic E-state index is 0.232. The summed E-state index contributed by atoms with van der Waals surface area (Å²) in [6.45, 7) is 0.485. The normalized spacial score (nSPS) is 16.0. The van der Waals surface area contributed by atoms with Crippen molar-refractivity contribution in [3.63, 3.8) is 0 Å². The van der Waals surface area contributed by atoms with Crippen LogP contribution in [0.4, 0.5) is 5.69 Å². The van der Waals surface area contributed by atoms with Crippen LogP contribution in [0.5, 0.6) is 0 Å². The number of hydrogen-bond donors (Lipinski definition) is 2. The van der Waals surface area contributed by atoms with Gasteiger partial charge in [-0.25, -0.2) is 13.1 Å². The lowest BCUT2D eigenvalue weighted by Gasteiger charge is -2.27. The first-order chi connectivity index (χ1) is 13.2. The Morgan fingerprint density at radius 1 is 1.07 bits per heavy atom. The van der Waals surface area contributed by atoms with Gasteiger partial charge in [-0.3, -0.25) is 0 Å². The van der Waals surface area contributed by atoms with Gasteiger partial charge in [0.2, 0.25) is 10.0 Å². The highest BCUT2D eigenvalue weighted by atomic mass is 35.5. The van der Waals surface area contributed by atoms with E-state index in [-0.39, 0.29) is 4.90 Å². The quantitative estimate of drug-likeness (QED) is 0.630. The highest BCUT2D eigenvalue weighted by Gasteiger charge is 2.23. The van der Waals surface area contributed by atoms with Crippen LogP contribution in [0.3, 0.4) is 0 Å². The molecule has 0 aliphatic heterocycles. The summed E-state index contributed by atoms with van der Waals surface area (Å²) in [5.41, 5.74) is 1.70. The maximum atomic E-state index is 12.9. The largest absolute Gasteiger partial charge is 0.382 e. The average Bonchev–Trinajstić information content (AvgIpc) is 2.60. The fraction of sp³-hybridized carbons (Fsp3) is 0.400. The van der Waals surface area contributed by atoms with Crippen molar-refractivity contribution >= 4 is 38.9 Å². The average molecular weight is 442 g/mol. The van der Waals surface area contributed by atoms with Crippen molar-refractivity contribution in [3.05, 3.63) is 58.1 Å². The van der Waals surface area contributed by atoms with E-state index in [1.54, 1.807) is 30.3 Å². The van der Waals surface area contributed by atoms with E-state index < -0.39 is 16.1 Å². The maximum Gasteiger partial charge on any atom is 0.241 e. The van der Waals surface area contributed by atoms with Crippen molar-refractivity contribution in [2.24, 2.45) is 0 Å². The number of benzene rings is 2. The van der Waals surface area contributed by atoms with Gasteiger partial charge in [-0.05, 0) is 75.3 Å². The Kier molecular flexibility index (Phi) is 6.89. The second-order valence-corrected chi connectivity index (χ2v) is 9.93. The molecular weight excluding hydrogens is 417 g/mol. The van der Waals surface area contributed by atoms with Gasteiger partial charge in [0.15, 0.2) is 0 Å². The van der Waals surface area contributed by atoms with Crippen LogP contribution in [-0.2, 0) is 10.0 Å². The molecule has 2 aromatic carbocycles. The van der Waals surface area contributed by atoms with Crippen LogP contribution >= 0.6 is 23.2 Å². The van der Waals surface area contributed by atoms with Gasteiger partial charge in [0.05, 0.1) is 21.0 Å². The topological polar surface area (TPSA) is 61.4 Å². The molecule has 2 N–H and O–H groups in total. The first-order valence-electron chi connectivity index (χ1n) is 9.23. The monoisotopic (exact) mass is 441 g/mol. The molecule has 0 unspecified atom stereocenters. The molecule has 3 rings (SSSR count). The van der Waals surface area contributed by atoms with E-state index in [2.05, 4.69) is 10.0 Å². The summed E-state index contributed by atoms with van der Waals surface area (Å²) < 4.78 is 28.7. The summed E-state index contributed by atoms with van der Waals surface area (Å²) in [4.78, 5) is 2.15. The molecule has 0 saturated heterocycles. The number of halogens is 2. The Labute approximate surface area is 177 Å². The molecule has 1 saturated carbocycles. The second kappa shape index (κ2) is 9.01. The van der Waals surface area contributed by atoms with Crippen LogP contribution in [0.15, 0.2) is 47.4 Å². The molecule has 0 radical (unpaired) electrons. The van der Waals surface area contributed by atoms with Gasteiger partial charge in [-0.1, -0.05) is 29.3 Å². The van der Waals surface area contributed by atoms with Gasteiger partial charge in [0.25, 0.3) is 0 Å². The molecule has 0 heterocycles. The molecule has 28 heavy (non-hydrogen) atoms. The van der Waals surface area contributed by atoms with Gasteiger partial charge in [0.1, 0.15) is 0 Å². The Balaban J connectivity index is 1.78. The second-order valence-electron chi connectivity index (χ2n) is 7.41. The smallest absolute Gasteiger partial charge is 0.241 e. The number of likely N-dealkylation sites (N-methyl/N-ethyl adjacent to an activating group) is 1. The number of nitrogens with zero attached hydrogens (tertiary/aromatic N) is 1. The van der Waals surface area contributed by atoms with Crippen LogP contribution in [0, 0.1) is 0 Å². The minimum Gasteiger partial charge on any atom is -0.382 e. The van der Waals surface area contributed by atoms with E-state index in [9.17, 15) is 8.42 Å². The summed E-state index contributed by atoms with van der Waals surface area (Å²) in [7, 11) is 0.0837. The van der Waals surface area contributed by atoms with E-state index in [4.69, 9.17) is 23.2 Å². The lowest BCUT2D eigenvalue weighted by molar-refractivity contribution is 0.363. The Morgan fingerprint density at radius 3 is 2.29 bits per heavy atom. The molecule has 1 aliphatic rings. The fourth-order valence-corrected chi connectivity index (χ4v) is 4.60. The molecule has 152 valence electrons. The Bertz CT molecular complexity index is 914. The lowest BCUT2D eigenvalue weighted by Crippen LogP contribution is -2.35. The standard InChI is InChI=1S/C20H25Cl2N3O2S/c1-25(2)13-20(14-6-11-18(21)19(22)12-14)24-28(26,27)17-9-7-16(8-10-17)23-15-4-3-5-15/h6-12,15,20,23-24H,3-5,13H2,1-2H3/t20-/m0/s1. The summed E-state index contributed by atoms with van der Waals surface area (Å²) in [5, 5.41) is 4.25. The molecule has 1 aliphatic carbocycles. The first kappa shape index (κ1) is 21.4. The predicted octanol–water partition coefficient (Wildman–Crippen LogP) is 4.54. The lowest BCUT2D eigenvalue weighted by atomic mass is 9.93. The number of sulfonamides is 1. The summed E-state index contributed by atoms with van der Waals surface area (Å²) in [5.74, 6) is 0. The van der Waals surface area contributed by atoms with Gasteiger partial charge < -0.3 is 10.2 Å². The third kappa shape index (κ3) is 5.39. The van der Waals surface area contributed by atoms with E-state index in [0.29, 0.717) is 22.6 Å². The fourth-order valence-electron chi connectivity index (χ4n) is 3.08. The molecule has 5 nitrogen and oxygen atoms in total. The SMILES string of the molecule is CN(C)C[C@H](NS(=O)(=O)c1ccc(NC2CCC2)cc1)c1ccc(Cl)c(Cl)c1. The zero-order valence-corrected chi connectivity index (χ0v) is 18.3. The van der Waals surface area contributed by atoms with Crippen LogP contribution in [0.25, 0.3) is 0 Å². The van der Waals surface area contributed by atoms with Crippen molar-refractivity contribution in [1.29, 1.82) is 0 Å². The predicted molar refractivity (Wildman–Crippen MR) is 116 cm³/mol. The van der Waals surface area contributed by atoms with Gasteiger partial charge in [0, 0.05) is 18.3 Å². The molecule has 0 amide bonds. The molecule has 0 bridgehead atoms. The first-order valence-corrected chi connectivity index (χ1v) is 11.5. The van der Waals surface area contributed by atoms with Crippen LogP contribution in [0.2, 0.25) is 10.0 Å². The molecule has 1 fully saturated rings. The third-order valence-electron chi connectivity index (χ3n) is 4.83. The van der Waals surface area contributed by atoms with Crippen molar-refractivity contribution in [3.8, 4) is 0 Å². The number of rotatable bonds is 8. The third-order valence-corrected chi connectivity index (χ3v) is 7.06. The minimum atomic E-state index is -3.69. The number of hydrogen-bond acceptors (Lipinski definition) is 4. The number of anilines is 1. The summed E-state index contributed by atoms with van der Waals surface area (Å²) >= 11 is 12.1. The van der Waals surface area contributed by atoms with Crippen LogP contribution in [-0.4, -0.2) is 40.0 Å². The summed E-state index contributed by atoms with van der Waals surface area (Å²) in [6.07, 6.45) is 3.57. The zero-order chi connectivity index (χ0) is 20.3. The van der Waals surface area contributed by atoms with Crippen LogP contribution in [0.1, 0.15) is 30.9 Å². The summed E-state index contributed by atoms with van der Waals surface area (Å²) in [6, 6.07) is 12.1. The maximum absolute atomic E-state index is 12.9. The Morgan fingerprint density at radius 2 is 1.75 bits per heavy atom. The highest BCUT2D eigenvalue weighted by Crippen LogP contribution is 2.28. The zero-order valence-electron chi connectivity index (χ0n) is 16.0. The van der Waals surface area contributed by atoms with Gasteiger partial charge in [-0.2, -0.15) is 0 Å². The van der Waals surface area contributed by atoms with E-state index in [1.807, 2.05) is 31.1 Å². The van der Waals surface area contributed by atoms with E-state index in [0.717, 1.165) is 24.1 Å². The number of nitrogens with one attached hydrogen (secondary N) is 2. The van der Waals surface area contributed by atoms with Crippen molar-refractivity contribution in [2.75, 3.05) is 26.0 Å². The molecule has 0 aromatic heterocycles. The Hall–Kier alpha value is -1.31.